The minimum absolute atomic E-state index is 0.157. The van der Waals surface area contributed by atoms with Gasteiger partial charge in [0.05, 0.1) is 6.61 Å². The molecule has 0 saturated carbocycles. The lowest BCUT2D eigenvalue weighted by Gasteiger charge is -2.18. The van der Waals surface area contributed by atoms with Gasteiger partial charge in [-0.1, -0.05) is 152 Å². The van der Waals surface area contributed by atoms with E-state index in [1.807, 2.05) is 0 Å². The van der Waals surface area contributed by atoms with Gasteiger partial charge in [0.1, 0.15) is 6.61 Å². The third kappa shape index (κ3) is 40.5. The number of hydrogen-bond acceptors (Lipinski definition) is 6. The van der Waals surface area contributed by atoms with Crippen LogP contribution in [-0.2, 0) is 28.2 Å². The third-order valence-corrected chi connectivity index (χ3v) is 9.01. The average molecular weight is 751 g/mol. The molecule has 0 heterocycles. The molecule has 0 aliphatic carbocycles. The van der Waals surface area contributed by atoms with Crippen LogP contribution in [-0.4, -0.2) is 41.0 Å². The van der Waals surface area contributed by atoms with Gasteiger partial charge in [0.2, 0.25) is 0 Å². The van der Waals surface area contributed by atoms with Crippen LogP contribution >= 0.6 is 7.82 Å². The Labute approximate surface area is 317 Å². The normalized spacial score (nSPS) is 13.1. The molecule has 0 radical (unpaired) electrons. The van der Waals surface area contributed by atoms with Crippen molar-refractivity contribution in [3.63, 3.8) is 0 Å². The van der Waals surface area contributed by atoms with E-state index in [1.54, 1.807) is 0 Å². The van der Waals surface area contributed by atoms with Crippen molar-refractivity contribution in [1.29, 1.82) is 0 Å². The maximum Gasteiger partial charge on any atom is 0.469 e. The topological polar surface area (TPSA) is 119 Å². The van der Waals surface area contributed by atoms with E-state index in [-0.39, 0.29) is 19.4 Å². The molecule has 9 heteroatoms. The zero-order chi connectivity index (χ0) is 38.2. The van der Waals surface area contributed by atoms with Gasteiger partial charge in [-0.05, 0) is 77.0 Å². The first-order valence-corrected chi connectivity index (χ1v) is 22.1. The molecule has 0 unspecified atom stereocenters. The summed E-state index contributed by atoms with van der Waals surface area (Å²) in [5.41, 5.74) is 0. The summed E-state index contributed by atoms with van der Waals surface area (Å²) in [5, 5.41) is 0. The number of carbonyl (C=O) groups is 2. The smallest absolute Gasteiger partial charge is 0.462 e. The van der Waals surface area contributed by atoms with Crippen LogP contribution in [0.2, 0.25) is 0 Å². The van der Waals surface area contributed by atoms with Crippen molar-refractivity contribution in [2.24, 2.45) is 0 Å². The Morgan fingerprint density at radius 2 is 0.923 bits per heavy atom. The van der Waals surface area contributed by atoms with Crippen molar-refractivity contribution in [3.05, 3.63) is 60.8 Å². The summed E-state index contributed by atoms with van der Waals surface area (Å²) in [7, 11) is -4.77. The number of phosphoric acid groups is 1. The number of hydrogen-bond donors (Lipinski definition) is 2. The average Bonchev–Trinajstić information content (AvgIpc) is 3.11. The molecule has 0 fully saturated rings. The highest BCUT2D eigenvalue weighted by Crippen LogP contribution is 2.36. The summed E-state index contributed by atoms with van der Waals surface area (Å²) in [6.45, 7) is 3.53. The number of ether oxygens (including phenoxy) is 2. The predicted octanol–water partition coefficient (Wildman–Crippen LogP) is 12.5. The molecule has 0 saturated heterocycles. The van der Waals surface area contributed by atoms with Crippen LogP contribution in [0, 0.1) is 0 Å². The molecule has 2 N–H and O–H groups in total. The molecule has 0 spiro atoms. The Balaban J connectivity index is 3.98. The van der Waals surface area contributed by atoms with Crippen LogP contribution in [0.5, 0.6) is 0 Å². The van der Waals surface area contributed by atoms with Gasteiger partial charge in [0.15, 0.2) is 6.10 Å². The number of allylic oxidation sites excluding steroid dienone is 10. The maximum absolute atomic E-state index is 12.4. The van der Waals surface area contributed by atoms with Crippen LogP contribution in [0.25, 0.3) is 0 Å². The van der Waals surface area contributed by atoms with E-state index in [1.165, 1.54) is 77.0 Å². The maximum atomic E-state index is 12.4. The second kappa shape index (κ2) is 38.5. The second-order valence-corrected chi connectivity index (χ2v) is 14.8. The molecule has 300 valence electrons. The summed E-state index contributed by atoms with van der Waals surface area (Å²) >= 11 is 0. The first kappa shape index (κ1) is 49.8. The van der Waals surface area contributed by atoms with E-state index in [0.29, 0.717) is 12.8 Å². The molecule has 0 aliphatic heterocycles. The molecular formula is C43H75O8P. The summed E-state index contributed by atoms with van der Waals surface area (Å²) in [4.78, 5) is 42.8. The van der Waals surface area contributed by atoms with Gasteiger partial charge in [0, 0.05) is 12.8 Å². The van der Waals surface area contributed by atoms with Crippen molar-refractivity contribution in [2.45, 2.75) is 187 Å². The largest absolute Gasteiger partial charge is 0.469 e. The first-order chi connectivity index (χ1) is 25.3. The van der Waals surface area contributed by atoms with Crippen LogP contribution < -0.4 is 0 Å². The minimum Gasteiger partial charge on any atom is -0.462 e. The lowest BCUT2D eigenvalue weighted by atomic mass is 10.1. The lowest BCUT2D eigenvalue weighted by molar-refractivity contribution is -0.161. The monoisotopic (exact) mass is 751 g/mol. The van der Waals surface area contributed by atoms with Gasteiger partial charge in [-0.3, -0.25) is 14.1 Å². The Morgan fingerprint density at radius 3 is 1.44 bits per heavy atom. The number of rotatable bonds is 37. The van der Waals surface area contributed by atoms with Gasteiger partial charge >= 0.3 is 19.8 Å². The third-order valence-electron chi connectivity index (χ3n) is 8.52. The zero-order valence-electron chi connectivity index (χ0n) is 32.9. The van der Waals surface area contributed by atoms with E-state index in [4.69, 9.17) is 19.3 Å². The van der Waals surface area contributed by atoms with Crippen LogP contribution in [0.3, 0.4) is 0 Å². The molecule has 0 amide bonds. The summed E-state index contributed by atoms with van der Waals surface area (Å²) in [6, 6.07) is 0. The second-order valence-electron chi connectivity index (χ2n) is 13.6. The number of unbranched alkanes of at least 4 members (excludes halogenated alkanes) is 17. The van der Waals surface area contributed by atoms with Crippen LogP contribution in [0.1, 0.15) is 181 Å². The number of phosphoric ester groups is 1. The number of carbonyl (C=O) groups excluding carboxylic acids is 2. The van der Waals surface area contributed by atoms with Gasteiger partial charge in [0.25, 0.3) is 0 Å². The summed E-state index contributed by atoms with van der Waals surface area (Å²) in [5.74, 6) is -0.941. The molecule has 0 aromatic heterocycles. The molecule has 1 atom stereocenters. The fourth-order valence-electron chi connectivity index (χ4n) is 5.48. The predicted molar refractivity (Wildman–Crippen MR) is 216 cm³/mol. The Kier molecular flexibility index (Phi) is 36.8. The van der Waals surface area contributed by atoms with E-state index in [9.17, 15) is 14.2 Å². The van der Waals surface area contributed by atoms with E-state index >= 15 is 0 Å². The quantitative estimate of drug-likeness (QED) is 0.0279. The van der Waals surface area contributed by atoms with Gasteiger partial charge < -0.3 is 19.3 Å². The minimum atomic E-state index is -4.77. The van der Waals surface area contributed by atoms with Crippen molar-refractivity contribution in [2.75, 3.05) is 13.2 Å². The van der Waals surface area contributed by atoms with Crippen LogP contribution in [0.4, 0.5) is 0 Å². The summed E-state index contributed by atoms with van der Waals surface area (Å²) in [6.07, 6.45) is 48.0. The standard InChI is InChI=1S/C43H75O8P/c1-3-5-7-9-11-13-15-17-19-20-21-22-24-25-27-29-31-33-35-37-42(44)49-39-41(40-50-52(46,47)48)51-43(45)38-36-34-32-30-28-26-23-18-16-14-12-10-8-6-4-2/h6,8,12,14,18,20-21,23,28,30,41H,3-5,7,9-11,13,15-17,19,22,24-27,29,31-40H2,1-2H3,(H2,46,47,48)/b8-6-,14-12-,21-20-,23-18-,30-28-/t41-/m1/s1. The highest BCUT2D eigenvalue weighted by molar-refractivity contribution is 7.46. The molecule has 0 rings (SSSR count). The Morgan fingerprint density at radius 1 is 0.519 bits per heavy atom. The molecule has 0 aromatic rings. The SMILES string of the molecule is CC/C=C\C/C=C\C/C=C\C/C=C\CCCCC(=O)O[C@H](COC(=O)CCCCCCCCC/C=C\CCCCCCCCCC)COP(=O)(O)O. The highest BCUT2D eigenvalue weighted by atomic mass is 31.2. The van der Waals surface area contributed by atoms with Crippen molar-refractivity contribution < 1.29 is 37.9 Å². The Bertz CT molecular complexity index is 1030. The molecule has 0 aliphatic rings. The van der Waals surface area contributed by atoms with Crippen LogP contribution in [0.15, 0.2) is 60.8 Å². The van der Waals surface area contributed by atoms with E-state index < -0.39 is 32.5 Å². The van der Waals surface area contributed by atoms with Crippen molar-refractivity contribution in [1.82, 2.24) is 0 Å². The van der Waals surface area contributed by atoms with Gasteiger partial charge in [-0.25, -0.2) is 4.57 Å². The number of esters is 2. The zero-order valence-corrected chi connectivity index (χ0v) is 33.8. The Hall–Kier alpha value is -2.25. The lowest BCUT2D eigenvalue weighted by Crippen LogP contribution is -2.29. The fraction of sp³-hybridized carbons (Fsp3) is 0.721. The van der Waals surface area contributed by atoms with Gasteiger partial charge in [-0.15, -0.1) is 0 Å². The van der Waals surface area contributed by atoms with E-state index in [2.05, 4.69) is 79.1 Å². The molecule has 8 nitrogen and oxygen atoms in total. The molecule has 0 aromatic carbocycles. The summed E-state index contributed by atoms with van der Waals surface area (Å²) < 4.78 is 26.3. The van der Waals surface area contributed by atoms with Gasteiger partial charge in [-0.2, -0.15) is 0 Å². The van der Waals surface area contributed by atoms with Crippen molar-refractivity contribution in [3.8, 4) is 0 Å². The molecular weight excluding hydrogens is 675 g/mol. The van der Waals surface area contributed by atoms with Crippen molar-refractivity contribution >= 4 is 19.8 Å². The fourth-order valence-corrected chi connectivity index (χ4v) is 5.84. The first-order valence-electron chi connectivity index (χ1n) is 20.6. The molecule has 0 bridgehead atoms. The van der Waals surface area contributed by atoms with E-state index in [0.717, 1.165) is 64.2 Å². The molecule has 52 heavy (non-hydrogen) atoms. The highest BCUT2D eigenvalue weighted by Gasteiger charge is 2.22.